The number of nitrogens with zero attached hydrogens (tertiary/aromatic N) is 2. The molecule has 0 fully saturated rings. The molecule has 6 nitrogen and oxygen atoms in total. The minimum absolute atomic E-state index is 0.238. The zero-order chi connectivity index (χ0) is 13.4. The number of hydrogen-bond donors (Lipinski definition) is 2. The molecule has 3 aromatic rings. The molecule has 1 aromatic carbocycles. The number of rotatable bonds is 2. The summed E-state index contributed by atoms with van der Waals surface area (Å²) < 4.78 is 5.28. The molecular weight excluding hydrogens is 244 g/mol. The Labute approximate surface area is 108 Å². The van der Waals surface area contributed by atoms with E-state index in [1.54, 1.807) is 20.0 Å². The predicted molar refractivity (Wildman–Crippen MR) is 70.0 cm³/mol. The number of fused-ring (bicyclic) bond motifs is 1. The van der Waals surface area contributed by atoms with Crippen LogP contribution >= 0.6 is 0 Å². The molecule has 0 bridgehead atoms. The molecule has 0 aliphatic heterocycles. The van der Waals surface area contributed by atoms with Gasteiger partial charge in [0.15, 0.2) is 5.89 Å². The topological polar surface area (TPSA) is 83.8 Å². The lowest BCUT2D eigenvalue weighted by molar-refractivity contribution is 0.0994. The lowest BCUT2D eigenvalue weighted by Gasteiger charge is -2.03. The number of amides is 1. The van der Waals surface area contributed by atoms with Crippen LogP contribution in [0.4, 0.5) is 5.69 Å². The van der Waals surface area contributed by atoms with Gasteiger partial charge in [-0.15, -0.1) is 0 Å². The van der Waals surface area contributed by atoms with E-state index in [0.717, 1.165) is 10.9 Å². The Bertz CT molecular complexity index is 757. The molecule has 0 aliphatic carbocycles. The second-order valence-corrected chi connectivity index (χ2v) is 4.27. The van der Waals surface area contributed by atoms with Crippen LogP contribution in [0.25, 0.3) is 10.9 Å². The standard InChI is InChI=1S/C13H12N4O2/c1-7-12(19-8(2)15-7)13(18)16-10-4-3-9-6-14-17-11(9)5-10/h3-6H,1-2H3,(H,14,17)(H,16,18). The molecule has 2 N–H and O–H groups in total. The van der Waals surface area contributed by atoms with E-state index in [-0.39, 0.29) is 11.7 Å². The Morgan fingerprint density at radius 1 is 1.37 bits per heavy atom. The second kappa shape index (κ2) is 4.24. The van der Waals surface area contributed by atoms with Gasteiger partial charge < -0.3 is 9.73 Å². The summed E-state index contributed by atoms with van der Waals surface area (Å²) in [5.41, 5.74) is 2.12. The van der Waals surface area contributed by atoms with Gasteiger partial charge in [-0.05, 0) is 25.1 Å². The maximum atomic E-state index is 12.1. The SMILES string of the molecule is Cc1nc(C)c(C(=O)Nc2ccc3cn[nH]c3c2)o1. The third kappa shape index (κ3) is 2.08. The Hall–Kier alpha value is -2.63. The highest BCUT2D eigenvalue weighted by Gasteiger charge is 2.16. The van der Waals surface area contributed by atoms with Crippen LogP contribution < -0.4 is 5.32 Å². The minimum atomic E-state index is -0.308. The van der Waals surface area contributed by atoms with Gasteiger partial charge in [0, 0.05) is 18.0 Å². The van der Waals surface area contributed by atoms with Gasteiger partial charge in [-0.1, -0.05) is 0 Å². The number of nitrogens with one attached hydrogen (secondary N) is 2. The Morgan fingerprint density at radius 3 is 2.95 bits per heavy atom. The summed E-state index contributed by atoms with van der Waals surface area (Å²) in [4.78, 5) is 16.1. The van der Waals surface area contributed by atoms with Gasteiger partial charge in [0.1, 0.15) is 0 Å². The maximum absolute atomic E-state index is 12.1. The summed E-state index contributed by atoms with van der Waals surface area (Å²) >= 11 is 0. The van der Waals surface area contributed by atoms with Crippen molar-refractivity contribution in [2.24, 2.45) is 0 Å². The molecule has 0 saturated heterocycles. The summed E-state index contributed by atoms with van der Waals surface area (Å²) in [5, 5.41) is 10.5. The summed E-state index contributed by atoms with van der Waals surface area (Å²) in [6.45, 7) is 3.45. The van der Waals surface area contributed by atoms with Crippen molar-refractivity contribution in [2.75, 3.05) is 5.32 Å². The van der Waals surface area contributed by atoms with Gasteiger partial charge in [-0.3, -0.25) is 9.89 Å². The summed E-state index contributed by atoms with van der Waals surface area (Å²) in [5.74, 6) is 0.408. The Kier molecular flexibility index (Phi) is 2.56. The van der Waals surface area contributed by atoms with Gasteiger partial charge in [-0.2, -0.15) is 5.10 Å². The van der Waals surface area contributed by atoms with Crippen LogP contribution in [0, 0.1) is 13.8 Å². The molecule has 0 radical (unpaired) electrons. The molecule has 1 amide bonds. The summed E-state index contributed by atoms with van der Waals surface area (Å²) in [6.07, 6.45) is 1.73. The van der Waals surface area contributed by atoms with Crippen LogP contribution in [0.1, 0.15) is 22.1 Å². The number of hydrogen-bond acceptors (Lipinski definition) is 4. The van der Waals surface area contributed by atoms with Crippen molar-refractivity contribution in [2.45, 2.75) is 13.8 Å². The summed E-state index contributed by atoms with van der Waals surface area (Å²) in [7, 11) is 0. The van der Waals surface area contributed by atoms with Crippen molar-refractivity contribution in [1.29, 1.82) is 0 Å². The van der Waals surface area contributed by atoms with Crippen molar-refractivity contribution >= 4 is 22.5 Å². The number of aryl methyl sites for hydroxylation is 2. The maximum Gasteiger partial charge on any atom is 0.293 e. The van der Waals surface area contributed by atoms with Crippen molar-refractivity contribution in [3.05, 3.63) is 41.7 Å². The second-order valence-electron chi connectivity index (χ2n) is 4.27. The highest BCUT2D eigenvalue weighted by atomic mass is 16.4. The molecule has 96 valence electrons. The quantitative estimate of drug-likeness (QED) is 0.737. The van der Waals surface area contributed by atoms with Crippen molar-refractivity contribution in [3.63, 3.8) is 0 Å². The number of aromatic nitrogens is 3. The average molecular weight is 256 g/mol. The number of carbonyl (C=O) groups is 1. The number of anilines is 1. The smallest absolute Gasteiger partial charge is 0.293 e. The zero-order valence-corrected chi connectivity index (χ0v) is 10.5. The van der Waals surface area contributed by atoms with Gasteiger partial charge in [0.2, 0.25) is 5.76 Å². The fourth-order valence-electron chi connectivity index (χ4n) is 1.94. The molecule has 2 aromatic heterocycles. The largest absolute Gasteiger partial charge is 0.436 e. The van der Waals surface area contributed by atoms with E-state index >= 15 is 0 Å². The Morgan fingerprint density at radius 2 is 2.21 bits per heavy atom. The van der Waals surface area contributed by atoms with E-state index in [9.17, 15) is 4.79 Å². The van der Waals surface area contributed by atoms with Gasteiger partial charge in [-0.25, -0.2) is 4.98 Å². The van der Waals surface area contributed by atoms with Crippen LogP contribution in [0.15, 0.2) is 28.8 Å². The van der Waals surface area contributed by atoms with Gasteiger partial charge in [0.05, 0.1) is 17.4 Å². The molecule has 0 unspecified atom stereocenters. The number of H-pyrrole nitrogens is 1. The molecule has 2 heterocycles. The minimum Gasteiger partial charge on any atom is -0.436 e. The first-order valence-electron chi connectivity index (χ1n) is 5.82. The van der Waals surface area contributed by atoms with E-state index < -0.39 is 0 Å². The lowest BCUT2D eigenvalue weighted by Crippen LogP contribution is -2.12. The third-order valence-corrected chi connectivity index (χ3v) is 2.81. The molecular formula is C13H12N4O2. The van der Waals surface area contributed by atoms with Crippen LogP contribution in [0.5, 0.6) is 0 Å². The van der Waals surface area contributed by atoms with E-state index in [1.807, 2.05) is 18.2 Å². The summed E-state index contributed by atoms with van der Waals surface area (Å²) in [6, 6.07) is 5.51. The normalized spacial score (nSPS) is 10.8. The number of benzene rings is 1. The van der Waals surface area contributed by atoms with Gasteiger partial charge >= 0.3 is 0 Å². The zero-order valence-electron chi connectivity index (χ0n) is 10.5. The fraction of sp³-hybridized carbons (Fsp3) is 0.154. The van der Waals surface area contributed by atoms with Crippen LogP contribution in [0.3, 0.4) is 0 Å². The van der Waals surface area contributed by atoms with Crippen molar-refractivity contribution < 1.29 is 9.21 Å². The lowest BCUT2D eigenvalue weighted by atomic mass is 10.2. The predicted octanol–water partition coefficient (Wildman–Crippen LogP) is 2.42. The highest BCUT2D eigenvalue weighted by Crippen LogP contribution is 2.18. The molecule has 0 aliphatic rings. The fourth-order valence-corrected chi connectivity index (χ4v) is 1.94. The first kappa shape index (κ1) is 11.5. The van der Waals surface area contributed by atoms with Crippen LogP contribution in [-0.2, 0) is 0 Å². The van der Waals surface area contributed by atoms with Gasteiger partial charge in [0.25, 0.3) is 5.91 Å². The Balaban J connectivity index is 1.88. The van der Waals surface area contributed by atoms with E-state index in [2.05, 4.69) is 20.5 Å². The van der Waals surface area contributed by atoms with E-state index in [1.165, 1.54) is 0 Å². The van der Waals surface area contributed by atoms with Crippen LogP contribution in [0.2, 0.25) is 0 Å². The first-order chi connectivity index (χ1) is 9.13. The molecule has 0 spiro atoms. The molecule has 0 saturated carbocycles. The van der Waals surface area contributed by atoms with E-state index in [0.29, 0.717) is 17.3 Å². The average Bonchev–Trinajstić information content (AvgIpc) is 2.94. The highest BCUT2D eigenvalue weighted by molar-refractivity contribution is 6.03. The molecule has 6 heteroatoms. The first-order valence-corrected chi connectivity index (χ1v) is 5.82. The third-order valence-electron chi connectivity index (χ3n) is 2.81. The number of oxazole rings is 1. The monoisotopic (exact) mass is 256 g/mol. The van der Waals surface area contributed by atoms with E-state index in [4.69, 9.17) is 4.42 Å². The number of aromatic amines is 1. The number of carbonyl (C=O) groups excluding carboxylic acids is 1. The van der Waals surface area contributed by atoms with Crippen LogP contribution in [-0.4, -0.2) is 21.1 Å². The van der Waals surface area contributed by atoms with Crippen molar-refractivity contribution in [1.82, 2.24) is 15.2 Å². The molecule has 19 heavy (non-hydrogen) atoms. The van der Waals surface area contributed by atoms with Crippen molar-refractivity contribution in [3.8, 4) is 0 Å². The molecule has 0 atom stereocenters. The molecule has 3 rings (SSSR count).